The summed E-state index contributed by atoms with van der Waals surface area (Å²) in [5, 5.41) is 5.36. The summed E-state index contributed by atoms with van der Waals surface area (Å²) in [6.07, 6.45) is 4.08. The summed E-state index contributed by atoms with van der Waals surface area (Å²) in [4.78, 5) is 26.7. The number of pyridine rings is 2. The van der Waals surface area contributed by atoms with Crippen molar-refractivity contribution >= 4 is 45.8 Å². The zero-order chi connectivity index (χ0) is 18.6. The van der Waals surface area contributed by atoms with E-state index in [0.717, 1.165) is 17.0 Å². The van der Waals surface area contributed by atoms with Crippen LogP contribution in [0.1, 0.15) is 17.1 Å². The van der Waals surface area contributed by atoms with Gasteiger partial charge in [-0.1, -0.05) is 17.7 Å². The van der Waals surface area contributed by atoms with Gasteiger partial charge in [-0.2, -0.15) is 0 Å². The first-order valence-electron chi connectivity index (χ1n) is 8.43. The van der Waals surface area contributed by atoms with Gasteiger partial charge in [0.2, 0.25) is 5.91 Å². The third-order valence-electron chi connectivity index (χ3n) is 4.05. The number of nitrogens with zero attached hydrogens (tertiary/aromatic N) is 4. The number of aromatic nitrogens is 4. The lowest BCUT2D eigenvalue weighted by atomic mass is 10.2. The Balaban J connectivity index is 1.51. The number of carbonyl (C=O) groups is 1. The van der Waals surface area contributed by atoms with Gasteiger partial charge in [0.1, 0.15) is 17.2 Å². The van der Waals surface area contributed by atoms with Crippen molar-refractivity contribution in [1.82, 2.24) is 19.5 Å². The smallest absolute Gasteiger partial charge is 0.225 e. The van der Waals surface area contributed by atoms with Crippen LogP contribution < -0.4 is 5.32 Å². The summed E-state index contributed by atoms with van der Waals surface area (Å²) >= 11 is 7.50. The molecule has 4 aromatic rings. The topological polar surface area (TPSA) is 72.7 Å². The molecule has 0 spiro atoms. The molecule has 8 heteroatoms. The number of hydrogen-bond donors (Lipinski definition) is 1. The van der Waals surface area contributed by atoms with Crippen LogP contribution in [0.15, 0.2) is 54.2 Å². The Morgan fingerprint density at radius 1 is 1.19 bits per heavy atom. The predicted molar refractivity (Wildman–Crippen MR) is 107 cm³/mol. The number of fused-ring (bicyclic) bond motifs is 1. The van der Waals surface area contributed by atoms with Crippen molar-refractivity contribution in [1.29, 1.82) is 0 Å². The number of carbonyl (C=O) groups excluding carboxylic acids is 1. The Kier molecular flexibility index (Phi) is 5.13. The molecule has 0 fully saturated rings. The zero-order valence-electron chi connectivity index (χ0n) is 14.3. The number of thiophene rings is 1. The van der Waals surface area contributed by atoms with Crippen LogP contribution in [0, 0.1) is 0 Å². The van der Waals surface area contributed by atoms with Gasteiger partial charge in [0, 0.05) is 30.1 Å². The Morgan fingerprint density at radius 2 is 2.11 bits per heavy atom. The standard InChI is InChI=1S/C19H16ClN5OS/c20-13-5-6-16(22-11-13)24-18(26)8-7-17-23-15-4-1-9-21-19(15)25(17)12-14-3-2-10-27-14/h1-6,9-11H,7-8,12H2,(H,22,24,26). The van der Waals surface area contributed by atoms with Crippen molar-refractivity contribution in [3.05, 3.63) is 69.9 Å². The first kappa shape index (κ1) is 17.6. The van der Waals surface area contributed by atoms with Crippen LogP contribution in [0.25, 0.3) is 11.2 Å². The fourth-order valence-corrected chi connectivity index (χ4v) is 3.61. The maximum Gasteiger partial charge on any atom is 0.225 e. The van der Waals surface area contributed by atoms with Crippen molar-refractivity contribution < 1.29 is 4.79 Å². The van der Waals surface area contributed by atoms with E-state index < -0.39 is 0 Å². The fourth-order valence-electron chi connectivity index (χ4n) is 2.80. The molecule has 136 valence electrons. The molecule has 0 atom stereocenters. The van der Waals surface area contributed by atoms with Crippen LogP contribution in [-0.4, -0.2) is 25.4 Å². The van der Waals surface area contributed by atoms with Gasteiger partial charge < -0.3 is 9.88 Å². The van der Waals surface area contributed by atoms with E-state index in [1.54, 1.807) is 29.7 Å². The molecule has 1 N–H and O–H groups in total. The highest BCUT2D eigenvalue weighted by atomic mass is 35.5. The molecule has 0 unspecified atom stereocenters. The number of nitrogens with one attached hydrogen (secondary N) is 1. The number of rotatable bonds is 6. The second-order valence-electron chi connectivity index (χ2n) is 5.95. The van der Waals surface area contributed by atoms with Crippen LogP contribution in [0.4, 0.5) is 5.82 Å². The highest BCUT2D eigenvalue weighted by Crippen LogP contribution is 2.19. The molecular weight excluding hydrogens is 382 g/mol. The van der Waals surface area contributed by atoms with Gasteiger partial charge in [-0.3, -0.25) is 4.79 Å². The monoisotopic (exact) mass is 397 g/mol. The molecule has 1 amide bonds. The lowest BCUT2D eigenvalue weighted by Gasteiger charge is -2.08. The molecule has 0 aliphatic carbocycles. The van der Waals surface area contributed by atoms with Crippen molar-refractivity contribution in [2.24, 2.45) is 0 Å². The average molecular weight is 398 g/mol. The molecule has 0 aliphatic heterocycles. The average Bonchev–Trinajstić information content (AvgIpc) is 3.31. The third-order valence-corrected chi connectivity index (χ3v) is 5.13. The van der Waals surface area contributed by atoms with Crippen molar-refractivity contribution in [3.63, 3.8) is 0 Å². The van der Waals surface area contributed by atoms with E-state index in [2.05, 4.69) is 30.9 Å². The Hall–Kier alpha value is -2.77. The summed E-state index contributed by atoms with van der Waals surface area (Å²) < 4.78 is 2.08. The number of amides is 1. The van der Waals surface area contributed by atoms with Gasteiger partial charge in [-0.25, -0.2) is 15.0 Å². The molecule has 0 aromatic carbocycles. The molecule has 6 nitrogen and oxygen atoms in total. The minimum atomic E-state index is -0.118. The minimum Gasteiger partial charge on any atom is -0.311 e. The Bertz CT molecular complexity index is 1060. The normalized spacial score (nSPS) is 11.0. The van der Waals surface area contributed by atoms with E-state index >= 15 is 0 Å². The van der Waals surface area contributed by atoms with Crippen LogP contribution in [0.3, 0.4) is 0 Å². The van der Waals surface area contributed by atoms with E-state index in [1.807, 2.05) is 23.6 Å². The second-order valence-corrected chi connectivity index (χ2v) is 7.42. The van der Waals surface area contributed by atoms with Crippen molar-refractivity contribution in [2.75, 3.05) is 5.32 Å². The molecule has 4 heterocycles. The second kappa shape index (κ2) is 7.85. The van der Waals surface area contributed by atoms with Crippen molar-refractivity contribution in [3.8, 4) is 0 Å². The SMILES string of the molecule is O=C(CCc1nc2cccnc2n1Cc1cccs1)Nc1ccc(Cl)cn1. The van der Waals surface area contributed by atoms with E-state index in [9.17, 15) is 4.79 Å². The molecule has 4 rings (SSSR count). The summed E-state index contributed by atoms with van der Waals surface area (Å²) in [7, 11) is 0. The largest absolute Gasteiger partial charge is 0.311 e. The fraction of sp³-hybridized carbons (Fsp3) is 0.158. The molecule has 0 saturated carbocycles. The number of hydrogen-bond acceptors (Lipinski definition) is 5. The highest BCUT2D eigenvalue weighted by Gasteiger charge is 2.14. The van der Waals surface area contributed by atoms with Gasteiger partial charge in [0.15, 0.2) is 5.65 Å². The molecule has 0 radical (unpaired) electrons. The number of aryl methyl sites for hydroxylation is 1. The molecule has 0 aliphatic rings. The number of imidazole rings is 1. The summed E-state index contributed by atoms with van der Waals surface area (Å²) in [6.45, 7) is 0.695. The molecular formula is C19H16ClN5OS. The number of anilines is 1. The molecule has 4 aromatic heterocycles. The maximum absolute atomic E-state index is 12.3. The van der Waals surface area contributed by atoms with Crippen LogP contribution in [0.5, 0.6) is 0 Å². The van der Waals surface area contributed by atoms with Gasteiger partial charge in [-0.15, -0.1) is 11.3 Å². The van der Waals surface area contributed by atoms with Crippen LogP contribution in [-0.2, 0) is 17.8 Å². The van der Waals surface area contributed by atoms with Crippen LogP contribution in [0.2, 0.25) is 5.02 Å². The quantitative estimate of drug-likeness (QED) is 0.530. The summed E-state index contributed by atoms with van der Waals surface area (Å²) in [6, 6.07) is 11.3. The first-order valence-corrected chi connectivity index (χ1v) is 9.69. The summed E-state index contributed by atoms with van der Waals surface area (Å²) in [5.41, 5.74) is 1.67. The van der Waals surface area contributed by atoms with E-state index in [0.29, 0.717) is 30.2 Å². The van der Waals surface area contributed by atoms with Crippen molar-refractivity contribution in [2.45, 2.75) is 19.4 Å². The van der Waals surface area contributed by atoms with Gasteiger partial charge in [0.05, 0.1) is 11.6 Å². The first-order chi connectivity index (χ1) is 13.2. The summed E-state index contributed by atoms with van der Waals surface area (Å²) in [5.74, 6) is 1.21. The third kappa shape index (κ3) is 4.15. The molecule has 0 bridgehead atoms. The van der Waals surface area contributed by atoms with E-state index in [-0.39, 0.29) is 5.91 Å². The van der Waals surface area contributed by atoms with E-state index in [1.165, 1.54) is 11.1 Å². The van der Waals surface area contributed by atoms with Gasteiger partial charge in [0.25, 0.3) is 0 Å². The van der Waals surface area contributed by atoms with Gasteiger partial charge in [-0.05, 0) is 35.7 Å². The zero-order valence-corrected chi connectivity index (χ0v) is 15.9. The van der Waals surface area contributed by atoms with Crippen LogP contribution >= 0.6 is 22.9 Å². The maximum atomic E-state index is 12.3. The molecule has 0 saturated heterocycles. The highest BCUT2D eigenvalue weighted by molar-refractivity contribution is 7.09. The molecule has 27 heavy (non-hydrogen) atoms. The minimum absolute atomic E-state index is 0.118. The van der Waals surface area contributed by atoms with E-state index in [4.69, 9.17) is 11.6 Å². The lowest BCUT2D eigenvalue weighted by Crippen LogP contribution is -2.15. The predicted octanol–water partition coefficient (Wildman–Crippen LogP) is 4.16. The number of halogens is 1. The Morgan fingerprint density at radius 3 is 2.89 bits per heavy atom. The van der Waals surface area contributed by atoms with Gasteiger partial charge >= 0.3 is 0 Å². The Labute approximate surface area is 164 Å². The lowest BCUT2D eigenvalue weighted by molar-refractivity contribution is -0.116.